The zero-order chi connectivity index (χ0) is 18.1. The van der Waals surface area contributed by atoms with Crippen LogP contribution >= 0.6 is 0 Å². The van der Waals surface area contributed by atoms with E-state index >= 15 is 0 Å². The number of nitrogens with zero attached hydrogens (tertiary/aromatic N) is 3. The Morgan fingerprint density at radius 3 is 2.92 bits per heavy atom. The van der Waals surface area contributed by atoms with Crippen LogP contribution in [0.1, 0.15) is 30.7 Å². The number of rotatable bonds is 6. The number of ether oxygens (including phenoxy) is 2. The lowest BCUT2D eigenvalue weighted by Crippen LogP contribution is -2.48. The summed E-state index contributed by atoms with van der Waals surface area (Å²) in [5, 5.41) is 7.61. The Kier molecular flexibility index (Phi) is 4.53. The largest absolute Gasteiger partial charge is 0.497 e. The number of methoxy groups -OCH3 is 1. The number of fused-ring (bicyclic) bond motifs is 2. The van der Waals surface area contributed by atoms with Crippen molar-refractivity contribution < 1.29 is 18.9 Å². The Morgan fingerprint density at radius 1 is 1.31 bits per heavy atom. The molecule has 2 aromatic rings. The molecule has 138 valence electrons. The number of aromatic nitrogens is 2. The molecule has 2 fully saturated rings. The Hall–Kier alpha value is -2.57. The van der Waals surface area contributed by atoms with Crippen molar-refractivity contribution in [2.75, 3.05) is 13.7 Å². The van der Waals surface area contributed by atoms with Gasteiger partial charge in [0.1, 0.15) is 29.5 Å². The van der Waals surface area contributed by atoms with Crippen LogP contribution in [0.4, 0.5) is 0 Å². The second kappa shape index (κ2) is 6.97. The molecular weight excluding hydrogens is 334 g/mol. The molecule has 1 aliphatic carbocycles. The predicted octanol–water partition coefficient (Wildman–Crippen LogP) is 2.39. The van der Waals surface area contributed by atoms with Gasteiger partial charge in [-0.1, -0.05) is 16.4 Å². The molecule has 2 bridgehead atoms. The maximum Gasteiger partial charge on any atom is 0.229 e. The summed E-state index contributed by atoms with van der Waals surface area (Å²) in [4.78, 5) is 14.9. The highest BCUT2D eigenvalue weighted by atomic mass is 16.6. The molecule has 1 aliphatic heterocycles. The summed E-state index contributed by atoms with van der Waals surface area (Å²) in [5.74, 6) is 2.11. The smallest absolute Gasteiger partial charge is 0.229 e. The average molecular weight is 357 g/mol. The van der Waals surface area contributed by atoms with Crippen molar-refractivity contribution in [1.82, 2.24) is 15.2 Å². The van der Waals surface area contributed by atoms with Crippen molar-refractivity contribution in [3.8, 4) is 11.5 Å². The van der Waals surface area contributed by atoms with Gasteiger partial charge in [0.2, 0.25) is 5.91 Å². The average Bonchev–Trinajstić information content (AvgIpc) is 3.37. The van der Waals surface area contributed by atoms with E-state index in [0.29, 0.717) is 30.0 Å². The molecule has 0 N–H and O–H groups in total. The highest BCUT2D eigenvalue weighted by Gasteiger charge is 2.48. The maximum atomic E-state index is 12.9. The first kappa shape index (κ1) is 16.9. The minimum Gasteiger partial charge on any atom is -0.497 e. The molecule has 2 aliphatic rings. The van der Waals surface area contributed by atoms with Gasteiger partial charge in [-0.3, -0.25) is 4.79 Å². The third kappa shape index (κ3) is 3.13. The molecule has 7 nitrogen and oxygen atoms in total. The van der Waals surface area contributed by atoms with Gasteiger partial charge in [0.05, 0.1) is 19.6 Å². The summed E-state index contributed by atoms with van der Waals surface area (Å²) in [6, 6.07) is 7.97. The number of carbonyl (C=O) groups is 1. The second-order valence-electron chi connectivity index (χ2n) is 7.06. The van der Waals surface area contributed by atoms with Crippen molar-refractivity contribution >= 4 is 5.91 Å². The zero-order valence-electron chi connectivity index (χ0n) is 15.1. The summed E-state index contributed by atoms with van der Waals surface area (Å²) in [5.41, 5.74) is 1.29. The van der Waals surface area contributed by atoms with Crippen LogP contribution in [0.25, 0.3) is 0 Å². The lowest BCUT2D eigenvalue weighted by Gasteiger charge is -2.35. The lowest BCUT2D eigenvalue weighted by molar-refractivity contribution is -0.135. The van der Waals surface area contributed by atoms with Crippen molar-refractivity contribution in [3.63, 3.8) is 0 Å². The van der Waals surface area contributed by atoms with Crippen LogP contribution in [0, 0.1) is 12.8 Å². The molecule has 0 spiro atoms. The maximum absolute atomic E-state index is 12.9. The number of hydrogen-bond donors (Lipinski definition) is 0. The van der Waals surface area contributed by atoms with Crippen LogP contribution in [0.2, 0.25) is 0 Å². The SMILES string of the molecule is COc1cccc(OC[C@@H]2[C@@H]3CC[C@@H](C3)N2C(=O)Cc2nonc2C)c1. The molecule has 1 saturated heterocycles. The minimum absolute atomic E-state index is 0.0789. The topological polar surface area (TPSA) is 77.7 Å². The van der Waals surface area contributed by atoms with Crippen LogP contribution in [-0.2, 0) is 11.2 Å². The molecule has 1 saturated carbocycles. The first-order valence-electron chi connectivity index (χ1n) is 9.01. The molecular formula is C19H23N3O4. The van der Waals surface area contributed by atoms with Crippen molar-refractivity contribution in [2.24, 2.45) is 5.92 Å². The molecule has 4 rings (SSSR count). The number of piperidine rings is 1. The Balaban J connectivity index is 1.45. The van der Waals surface area contributed by atoms with Crippen LogP contribution in [0.15, 0.2) is 28.9 Å². The number of aryl methyl sites for hydroxylation is 1. The van der Waals surface area contributed by atoms with E-state index in [9.17, 15) is 4.79 Å². The lowest BCUT2D eigenvalue weighted by atomic mass is 9.99. The number of hydrogen-bond acceptors (Lipinski definition) is 6. The quantitative estimate of drug-likeness (QED) is 0.790. The van der Waals surface area contributed by atoms with Crippen LogP contribution < -0.4 is 9.47 Å². The van der Waals surface area contributed by atoms with Crippen molar-refractivity contribution in [1.29, 1.82) is 0 Å². The van der Waals surface area contributed by atoms with Crippen LogP contribution in [-0.4, -0.2) is 46.9 Å². The minimum atomic E-state index is 0.0789. The number of benzene rings is 1. The van der Waals surface area contributed by atoms with E-state index < -0.39 is 0 Å². The molecule has 1 aromatic carbocycles. The van der Waals surface area contributed by atoms with Gasteiger partial charge < -0.3 is 14.4 Å². The van der Waals surface area contributed by atoms with Gasteiger partial charge in [0.15, 0.2) is 0 Å². The van der Waals surface area contributed by atoms with Gasteiger partial charge in [-0.2, -0.15) is 0 Å². The summed E-state index contributed by atoms with van der Waals surface area (Å²) < 4.78 is 16.0. The first-order chi connectivity index (χ1) is 12.7. The summed E-state index contributed by atoms with van der Waals surface area (Å²) in [6.45, 7) is 2.30. The van der Waals surface area contributed by atoms with Gasteiger partial charge in [0, 0.05) is 12.1 Å². The number of likely N-dealkylation sites (tertiary alicyclic amines) is 1. The fourth-order valence-corrected chi connectivity index (χ4v) is 4.21. The van der Waals surface area contributed by atoms with E-state index in [1.807, 2.05) is 29.2 Å². The third-order valence-corrected chi connectivity index (χ3v) is 5.56. The van der Waals surface area contributed by atoms with Crippen molar-refractivity contribution in [2.45, 2.75) is 44.7 Å². The Labute approximate surface area is 152 Å². The van der Waals surface area contributed by atoms with E-state index in [1.54, 1.807) is 14.0 Å². The molecule has 3 atom stereocenters. The van der Waals surface area contributed by atoms with Crippen molar-refractivity contribution in [3.05, 3.63) is 35.7 Å². The van der Waals surface area contributed by atoms with Gasteiger partial charge in [0.25, 0.3) is 0 Å². The molecule has 26 heavy (non-hydrogen) atoms. The first-order valence-corrected chi connectivity index (χ1v) is 9.01. The summed E-state index contributed by atoms with van der Waals surface area (Å²) in [7, 11) is 1.64. The fourth-order valence-electron chi connectivity index (χ4n) is 4.21. The standard InChI is InChI=1S/C19H23N3O4/c1-12-17(21-26-20-12)10-19(23)22-14-7-6-13(8-14)18(22)11-25-16-5-3-4-15(9-16)24-2/h3-5,9,13-14,18H,6-8,10-11H2,1-2H3/t13-,14+,18-/m1/s1. The number of carbonyl (C=O) groups excluding carboxylic acids is 1. The second-order valence-corrected chi connectivity index (χ2v) is 7.06. The summed E-state index contributed by atoms with van der Waals surface area (Å²) in [6.07, 6.45) is 3.52. The fraction of sp³-hybridized carbons (Fsp3) is 0.526. The van der Waals surface area contributed by atoms with E-state index in [-0.39, 0.29) is 18.4 Å². The molecule has 0 radical (unpaired) electrons. The van der Waals surface area contributed by atoms with Gasteiger partial charge in [-0.15, -0.1) is 0 Å². The number of amides is 1. The highest BCUT2D eigenvalue weighted by Crippen LogP contribution is 2.43. The molecule has 1 amide bonds. The van der Waals surface area contributed by atoms with E-state index in [2.05, 4.69) is 10.3 Å². The zero-order valence-corrected chi connectivity index (χ0v) is 15.1. The van der Waals surface area contributed by atoms with Crippen LogP contribution in [0.5, 0.6) is 11.5 Å². The van der Waals surface area contributed by atoms with E-state index in [1.165, 1.54) is 0 Å². The van der Waals surface area contributed by atoms with Gasteiger partial charge in [-0.05, 0) is 44.2 Å². The predicted molar refractivity (Wildman–Crippen MR) is 93.0 cm³/mol. The Morgan fingerprint density at radius 2 is 2.15 bits per heavy atom. The van der Waals surface area contributed by atoms with Gasteiger partial charge in [-0.25, -0.2) is 4.63 Å². The molecule has 1 aromatic heterocycles. The summed E-state index contributed by atoms with van der Waals surface area (Å²) >= 11 is 0. The monoisotopic (exact) mass is 357 g/mol. The third-order valence-electron chi connectivity index (χ3n) is 5.56. The normalized spacial score (nSPS) is 24.1. The van der Waals surface area contributed by atoms with E-state index in [0.717, 1.165) is 30.8 Å². The van der Waals surface area contributed by atoms with Crippen LogP contribution in [0.3, 0.4) is 0 Å². The van der Waals surface area contributed by atoms with Gasteiger partial charge >= 0.3 is 0 Å². The highest BCUT2D eigenvalue weighted by molar-refractivity contribution is 5.79. The molecule has 0 unspecified atom stereocenters. The molecule has 2 heterocycles. The van der Waals surface area contributed by atoms with E-state index in [4.69, 9.17) is 14.1 Å². The Bertz CT molecular complexity index is 791. The molecule has 7 heteroatoms.